The Hall–Kier alpha value is -1.32. The molecule has 2 aliphatic carbocycles. The predicted molar refractivity (Wildman–Crippen MR) is 81.3 cm³/mol. The highest BCUT2D eigenvalue weighted by Gasteiger charge is 2.67. The molecular weight excluding hydrogens is 309 g/mol. The van der Waals surface area contributed by atoms with Crippen molar-refractivity contribution in [3.8, 4) is 0 Å². The summed E-state index contributed by atoms with van der Waals surface area (Å²) in [6, 6.07) is 4.87. The van der Waals surface area contributed by atoms with Crippen LogP contribution in [0.4, 0.5) is 5.69 Å². The first-order valence-corrected chi connectivity index (χ1v) is 7.72. The van der Waals surface area contributed by atoms with Gasteiger partial charge in [-0.3, -0.25) is 9.59 Å². The molecule has 3 nitrogen and oxygen atoms in total. The van der Waals surface area contributed by atoms with Crippen LogP contribution in [0.2, 0.25) is 10.0 Å². The molecule has 3 aliphatic rings. The number of hydrogen-bond donors (Lipinski definition) is 0. The molecule has 108 valence electrons. The van der Waals surface area contributed by atoms with Gasteiger partial charge in [0.15, 0.2) is 0 Å². The van der Waals surface area contributed by atoms with Crippen molar-refractivity contribution in [3.63, 3.8) is 0 Å². The molecule has 0 spiro atoms. The first-order valence-electron chi connectivity index (χ1n) is 6.96. The molecule has 0 unspecified atom stereocenters. The van der Waals surface area contributed by atoms with Gasteiger partial charge in [-0.05, 0) is 43.4 Å². The molecule has 21 heavy (non-hydrogen) atoms. The molecule has 0 N–H and O–H groups in total. The van der Waals surface area contributed by atoms with Gasteiger partial charge in [-0.15, -0.1) is 0 Å². The van der Waals surface area contributed by atoms with Gasteiger partial charge < -0.3 is 0 Å². The van der Waals surface area contributed by atoms with Crippen molar-refractivity contribution >= 4 is 40.7 Å². The molecule has 4 rings (SSSR count). The quantitative estimate of drug-likeness (QED) is 0.584. The van der Waals surface area contributed by atoms with Gasteiger partial charge >= 0.3 is 0 Å². The summed E-state index contributed by atoms with van der Waals surface area (Å²) < 4.78 is 0. The van der Waals surface area contributed by atoms with Crippen molar-refractivity contribution < 1.29 is 9.59 Å². The fourth-order valence-electron chi connectivity index (χ4n) is 4.17. The number of nitrogens with zero attached hydrogens (tertiary/aromatic N) is 1. The van der Waals surface area contributed by atoms with Crippen LogP contribution in [-0.2, 0) is 9.59 Å². The molecule has 1 heterocycles. The lowest BCUT2D eigenvalue weighted by molar-refractivity contribution is -0.127. The normalized spacial score (nSPS) is 36.7. The number of imide groups is 1. The Morgan fingerprint density at radius 3 is 2.62 bits per heavy atom. The average Bonchev–Trinajstić information content (AvgIpc) is 3.07. The van der Waals surface area contributed by atoms with Crippen LogP contribution >= 0.6 is 23.2 Å². The number of allylic oxidation sites excluding steroid dienone is 2. The van der Waals surface area contributed by atoms with E-state index in [4.69, 9.17) is 23.2 Å². The number of anilines is 1. The fourth-order valence-corrected chi connectivity index (χ4v) is 4.47. The Morgan fingerprint density at radius 2 is 1.95 bits per heavy atom. The largest absolute Gasteiger partial charge is 0.274 e. The van der Waals surface area contributed by atoms with Crippen LogP contribution in [-0.4, -0.2) is 11.8 Å². The lowest BCUT2D eigenvalue weighted by Crippen LogP contribution is -2.37. The van der Waals surface area contributed by atoms with Gasteiger partial charge in [-0.2, -0.15) is 0 Å². The molecule has 1 aromatic rings. The number of hydrogen-bond acceptors (Lipinski definition) is 2. The van der Waals surface area contributed by atoms with E-state index in [-0.39, 0.29) is 29.6 Å². The number of amides is 2. The third-order valence-corrected chi connectivity index (χ3v) is 6.01. The Balaban J connectivity index is 1.81. The lowest BCUT2D eigenvalue weighted by Gasteiger charge is -2.28. The molecule has 2 fully saturated rings. The zero-order valence-electron chi connectivity index (χ0n) is 11.3. The highest BCUT2D eigenvalue weighted by atomic mass is 35.5. The number of carbonyl (C=O) groups excluding carboxylic acids is 2. The molecule has 4 atom stereocenters. The second kappa shape index (κ2) is 4.11. The van der Waals surface area contributed by atoms with Crippen LogP contribution in [0.5, 0.6) is 0 Å². The molecule has 1 aliphatic heterocycles. The number of carbonyl (C=O) groups is 2. The molecule has 1 saturated carbocycles. The molecule has 2 bridgehead atoms. The van der Waals surface area contributed by atoms with Gasteiger partial charge in [-0.1, -0.05) is 35.4 Å². The van der Waals surface area contributed by atoms with E-state index in [1.54, 1.807) is 18.2 Å². The summed E-state index contributed by atoms with van der Waals surface area (Å²) in [5, 5.41) is 0.755. The van der Waals surface area contributed by atoms with Crippen LogP contribution < -0.4 is 4.90 Å². The van der Waals surface area contributed by atoms with Crippen molar-refractivity contribution in [2.75, 3.05) is 4.90 Å². The van der Waals surface area contributed by atoms with E-state index in [0.29, 0.717) is 15.7 Å². The minimum atomic E-state index is -0.609. The zero-order valence-corrected chi connectivity index (χ0v) is 12.9. The van der Waals surface area contributed by atoms with Crippen LogP contribution in [0.3, 0.4) is 0 Å². The van der Waals surface area contributed by atoms with Gasteiger partial charge in [-0.25, -0.2) is 4.90 Å². The maximum absolute atomic E-state index is 12.9. The fraction of sp³-hybridized carbons (Fsp3) is 0.375. The van der Waals surface area contributed by atoms with E-state index in [0.717, 1.165) is 6.42 Å². The number of rotatable bonds is 1. The van der Waals surface area contributed by atoms with Gasteiger partial charge in [0.1, 0.15) is 0 Å². The number of fused-ring (bicyclic) bond motifs is 5. The maximum atomic E-state index is 12.9. The van der Waals surface area contributed by atoms with Gasteiger partial charge in [0.25, 0.3) is 0 Å². The van der Waals surface area contributed by atoms with E-state index in [1.807, 2.05) is 6.92 Å². The highest BCUT2D eigenvalue weighted by molar-refractivity contribution is 6.42. The summed E-state index contributed by atoms with van der Waals surface area (Å²) >= 11 is 11.9. The van der Waals surface area contributed by atoms with Gasteiger partial charge in [0, 0.05) is 0 Å². The molecule has 1 aromatic carbocycles. The average molecular weight is 322 g/mol. The van der Waals surface area contributed by atoms with E-state index < -0.39 is 5.41 Å². The van der Waals surface area contributed by atoms with E-state index in [1.165, 1.54) is 4.90 Å². The number of halogens is 2. The maximum Gasteiger partial charge on any atom is 0.241 e. The van der Waals surface area contributed by atoms with Crippen LogP contribution in [0, 0.1) is 23.2 Å². The third-order valence-electron chi connectivity index (χ3n) is 5.27. The van der Waals surface area contributed by atoms with Gasteiger partial charge in [0.05, 0.1) is 27.1 Å². The predicted octanol–water partition coefficient (Wildman–Crippen LogP) is 3.70. The third kappa shape index (κ3) is 1.51. The summed E-state index contributed by atoms with van der Waals surface area (Å²) in [4.78, 5) is 27.0. The Morgan fingerprint density at radius 1 is 1.19 bits per heavy atom. The number of benzene rings is 1. The molecule has 1 saturated heterocycles. The standard InChI is InChI=1S/C16H13Cl2NO2/c1-16-9-3-2-8(6-9)13(16)14(20)19(15(16)21)10-4-5-11(17)12(18)7-10/h2-5,7-9,13H,6H2,1H3/t8-,9+,13-,16-/m1/s1. The Kier molecular flexibility index (Phi) is 2.61. The van der Waals surface area contributed by atoms with E-state index >= 15 is 0 Å². The molecule has 0 aromatic heterocycles. The summed E-state index contributed by atoms with van der Waals surface area (Å²) in [5.41, 5.74) is -0.0998. The molecule has 5 heteroatoms. The van der Waals surface area contributed by atoms with E-state index in [2.05, 4.69) is 12.2 Å². The molecular formula is C16H13Cl2NO2. The zero-order chi connectivity index (χ0) is 14.9. The van der Waals surface area contributed by atoms with Crippen LogP contribution in [0.1, 0.15) is 13.3 Å². The van der Waals surface area contributed by atoms with Crippen molar-refractivity contribution in [1.82, 2.24) is 0 Å². The first kappa shape index (κ1) is 13.4. The second-order valence-corrected chi connectivity index (χ2v) is 7.04. The van der Waals surface area contributed by atoms with Crippen molar-refractivity contribution in [3.05, 3.63) is 40.4 Å². The summed E-state index contributed by atoms with van der Waals surface area (Å²) in [6.07, 6.45) is 5.08. The van der Waals surface area contributed by atoms with Crippen molar-refractivity contribution in [2.45, 2.75) is 13.3 Å². The SMILES string of the molecule is C[C@]12C(=O)N(c3ccc(Cl)c(Cl)c3)C(=O)[C@H]1[C@@H]1C=C[C@H]2C1. The molecule has 2 amide bonds. The molecule has 0 radical (unpaired) electrons. The summed E-state index contributed by atoms with van der Waals surface area (Å²) in [7, 11) is 0. The second-order valence-electron chi connectivity index (χ2n) is 6.23. The lowest BCUT2D eigenvalue weighted by atomic mass is 9.71. The first-order chi connectivity index (χ1) is 9.94. The van der Waals surface area contributed by atoms with E-state index in [9.17, 15) is 9.59 Å². The Bertz CT molecular complexity index is 714. The topological polar surface area (TPSA) is 37.4 Å². The summed E-state index contributed by atoms with van der Waals surface area (Å²) in [5.74, 6) is -0.124. The van der Waals surface area contributed by atoms with Crippen molar-refractivity contribution in [1.29, 1.82) is 0 Å². The smallest absolute Gasteiger partial charge is 0.241 e. The minimum absolute atomic E-state index is 0.113. The van der Waals surface area contributed by atoms with Gasteiger partial charge in [0.2, 0.25) is 11.8 Å². The minimum Gasteiger partial charge on any atom is -0.274 e. The monoisotopic (exact) mass is 321 g/mol. The summed E-state index contributed by atoms with van der Waals surface area (Å²) in [6.45, 7) is 1.92. The van der Waals surface area contributed by atoms with Crippen LogP contribution in [0.25, 0.3) is 0 Å². The highest BCUT2D eigenvalue weighted by Crippen LogP contribution is 2.60. The van der Waals surface area contributed by atoms with Crippen LogP contribution in [0.15, 0.2) is 30.4 Å². The Labute approximate surface area is 132 Å². The van der Waals surface area contributed by atoms with Crippen molar-refractivity contribution in [2.24, 2.45) is 23.2 Å².